The molecule has 0 bridgehead atoms. The van der Waals surface area contributed by atoms with E-state index in [0.717, 1.165) is 6.07 Å². The number of carbonyl (C=O) groups excluding carboxylic acids is 3. The van der Waals surface area contributed by atoms with Crippen LogP contribution in [0.2, 0.25) is 0 Å². The minimum atomic E-state index is -1.05. The fourth-order valence-corrected chi connectivity index (χ4v) is 2.86. The minimum absolute atomic E-state index is 0.0194. The van der Waals surface area contributed by atoms with Gasteiger partial charge in [0.25, 0.3) is 5.91 Å². The molecule has 8 heteroatoms. The first-order valence-corrected chi connectivity index (χ1v) is 8.11. The second-order valence-electron chi connectivity index (χ2n) is 5.81. The number of aromatic nitrogens is 1. The average molecular weight is 369 g/mol. The number of primary amides is 1. The fraction of sp³-hybridized carbons (Fsp3) is 0.105. The van der Waals surface area contributed by atoms with Crippen molar-refractivity contribution in [3.05, 3.63) is 59.4 Å². The predicted octanol–water partition coefficient (Wildman–Crippen LogP) is 3.26. The van der Waals surface area contributed by atoms with Gasteiger partial charge in [0.2, 0.25) is 5.88 Å². The van der Waals surface area contributed by atoms with Crippen molar-refractivity contribution in [3.63, 3.8) is 0 Å². The standard InChI is InChI=1S/C19H16FN3O4/c1-2-14(24)10-6-8-11(9-7-10)22-17(25)16-15-12(20)4-3-5-13(15)23(18(16)26)19(21)27/h3-9,26H,2H2,1H3,(H2,21,27)(H,22,25). The lowest BCUT2D eigenvalue weighted by Crippen LogP contribution is -2.19. The van der Waals surface area contributed by atoms with Crippen molar-refractivity contribution in [3.8, 4) is 5.88 Å². The van der Waals surface area contributed by atoms with Crippen LogP contribution in [0.25, 0.3) is 10.9 Å². The van der Waals surface area contributed by atoms with Gasteiger partial charge in [-0.1, -0.05) is 13.0 Å². The third kappa shape index (κ3) is 3.12. The number of ketones is 1. The Morgan fingerprint density at radius 2 is 1.81 bits per heavy atom. The second-order valence-corrected chi connectivity index (χ2v) is 5.81. The molecule has 3 rings (SSSR count). The number of nitrogens with one attached hydrogen (secondary N) is 1. The molecule has 3 aromatic rings. The van der Waals surface area contributed by atoms with E-state index in [2.05, 4.69) is 5.32 Å². The summed E-state index contributed by atoms with van der Waals surface area (Å²) >= 11 is 0. The molecule has 0 radical (unpaired) electrons. The summed E-state index contributed by atoms with van der Waals surface area (Å²) < 4.78 is 15.0. The van der Waals surface area contributed by atoms with Gasteiger partial charge in [0.15, 0.2) is 5.78 Å². The highest BCUT2D eigenvalue weighted by molar-refractivity contribution is 6.17. The van der Waals surface area contributed by atoms with Gasteiger partial charge in [0.1, 0.15) is 11.4 Å². The summed E-state index contributed by atoms with van der Waals surface area (Å²) in [6.07, 6.45) is 0.353. The molecule has 0 unspecified atom stereocenters. The van der Waals surface area contributed by atoms with E-state index in [-0.39, 0.29) is 16.7 Å². The second kappa shape index (κ2) is 6.91. The first-order valence-electron chi connectivity index (χ1n) is 8.11. The Kier molecular flexibility index (Phi) is 4.64. The third-order valence-electron chi connectivity index (χ3n) is 4.15. The summed E-state index contributed by atoms with van der Waals surface area (Å²) in [5.41, 5.74) is 5.64. The first kappa shape index (κ1) is 18.1. The molecule has 27 heavy (non-hydrogen) atoms. The molecule has 4 N–H and O–H groups in total. The average Bonchev–Trinajstić information content (AvgIpc) is 2.95. The van der Waals surface area contributed by atoms with Crippen LogP contribution >= 0.6 is 0 Å². The van der Waals surface area contributed by atoms with E-state index in [0.29, 0.717) is 22.2 Å². The van der Waals surface area contributed by atoms with E-state index >= 15 is 0 Å². The summed E-state index contributed by atoms with van der Waals surface area (Å²) in [4.78, 5) is 35.9. The molecule has 0 aliphatic heterocycles. The molecule has 0 aliphatic carbocycles. The van der Waals surface area contributed by atoms with Gasteiger partial charge in [-0.15, -0.1) is 0 Å². The molecule has 2 amide bonds. The Morgan fingerprint density at radius 3 is 2.41 bits per heavy atom. The van der Waals surface area contributed by atoms with Crippen LogP contribution in [-0.2, 0) is 0 Å². The van der Waals surface area contributed by atoms with Crippen LogP contribution in [0.15, 0.2) is 42.5 Å². The van der Waals surface area contributed by atoms with E-state index < -0.39 is 29.2 Å². The topological polar surface area (TPSA) is 114 Å². The minimum Gasteiger partial charge on any atom is -0.494 e. The monoisotopic (exact) mass is 369 g/mol. The summed E-state index contributed by atoms with van der Waals surface area (Å²) in [7, 11) is 0. The number of carbonyl (C=O) groups is 3. The van der Waals surface area contributed by atoms with Gasteiger partial charge in [-0.25, -0.2) is 13.8 Å². The molecule has 1 aromatic heterocycles. The van der Waals surface area contributed by atoms with Crippen LogP contribution < -0.4 is 11.1 Å². The normalized spacial score (nSPS) is 10.7. The largest absolute Gasteiger partial charge is 0.494 e. The highest BCUT2D eigenvalue weighted by Gasteiger charge is 2.27. The molecule has 0 aliphatic rings. The molecule has 1 heterocycles. The van der Waals surface area contributed by atoms with E-state index in [9.17, 15) is 23.9 Å². The molecular weight excluding hydrogens is 353 g/mol. The smallest absolute Gasteiger partial charge is 0.326 e. The van der Waals surface area contributed by atoms with Crippen molar-refractivity contribution >= 4 is 34.3 Å². The zero-order chi connectivity index (χ0) is 19.7. The third-order valence-corrected chi connectivity index (χ3v) is 4.15. The van der Waals surface area contributed by atoms with Gasteiger partial charge in [0.05, 0.1) is 10.9 Å². The van der Waals surface area contributed by atoms with Gasteiger partial charge in [-0.2, -0.15) is 0 Å². The lowest BCUT2D eigenvalue weighted by Gasteiger charge is -2.06. The molecular formula is C19H16FN3O4. The first-order chi connectivity index (χ1) is 12.8. The molecule has 2 aromatic carbocycles. The van der Waals surface area contributed by atoms with Gasteiger partial charge in [-0.3, -0.25) is 9.59 Å². The highest BCUT2D eigenvalue weighted by atomic mass is 19.1. The summed E-state index contributed by atoms with van der Waals surface area (Å²) in [5, 5.41) is 12.6. The molecule has 0 atom stereocenters. The molecule has 0 spiro atoms. The Balaban J connectivity index is 2.02. The quantitative estimate of drug-likeness (QED) is 0.612. The lowest BCUT2D eigenvalue weighted by atomic mass is 10.1. The predicted molar refractivity (Wildman–Crippen MR) is 97.6 cm³/mol. The van der Waals surface area contributed by atoms with Gasteiger partial charge < -0.3 is 16.2 Å². The number of amides is 2. The number of nitrogens with zero attached hydrogens (tertiary/aromatic N) is 1. The maximum absolute atomic E-state index is 14.3. The van der Waals surface area contributed by atoms with Crippen LogP contribution in [0.3, 0.4) is 0 Å². The number of nitrogens with two attached hydrogens (primary N) is 1. The number of hydrogen-bond acceptors (Lipinski definition) is 4. The molecule has 138 valence electrons. The number of benzene rings is 2. The Bertz CT molecular complexity index is 1070. The molecule has 0 saturated heterocycles. The van der Waals surface area contributed by atoms with Crippen molar-refractivity contribution in [1.82, 2.24) is 4.57 Å². The van der Waals surface area contributed by atoms with Crippen molar-refractivity contribution < 1.29 is 23.9 Å². The maximum atomic E-state index is 14.3. The number of halogens is 1. The maximum Gasteiger partial charge on any atom is 0.326 e. The fourth-order valence-electron chi connectivity index (χ4n) is 2.86. The van der Waals surface area contributed by atoms with Crippen LogP contribution in [0.4, 0.5) is 14.9 Å². The number of hydrogen-bond donors (Lipinski definition) is 3. The van der Waals surface area contributed by atoms with Crippen LogP contribution in [0, 0.1) is 5.82 Å². The highest BCUT2D eigenvalue weighted by Crippen LogP contribution is 2.33. The summed E-state index contributed by atoms with van der Waals surface area (Å²) in [6, 6.07) is 8.89. The van der Waals surface area contributed by atoms with Crippen molar-refractivity contribution in [2.75, 3.05) is 5.32 Å². The van der Waals surface area contributed by atoms with Crippen molar-refractivity contribution in [2.45, 2.75) is 13.3 Å². The number of Topliss-reactive ketones (excluding diaryl/α,β-unsaturated/α-hetero) is 1. The van der Waals surface area contributed by atoms with Gasteiger partial charge >= 0.3 is 6.03 Å². The van der Waals surface area contributed by atoms with Gasteiger partial charge in [-0.05, 0) is 36.4 Å². The Morgan fingerprint density at radius 1 is 1.15 bits per heavy atom. The van der Waals surface area contributed by atoms with E-state index in [1.807, 2.05) is 0 Å². The lowest BCUT2D eigenvalue weighted by molar-refractivity contribution is 0.0986. The van der Waals surface area contributed by atoms with E-state index in [1.54, 1.807) is 19.1 Å². The number of aromatic hydroxyl groups is 1. The van der Waals surface area contributed by atoms with Crippen LogP contribution in [0.1, 0.15) is 34.1 Å². The molecule has 0 fully saturated rings. The van der Waals surface area contributed by atoms with Crippen molar-refractivity contribution in [2.24, 2.45) is 5.73 Å². The van der Waals surface area contributed by atoms with E-state index in [4.69, 9.17) is 5.73 Å². The Labute approximate surface area is 153 Å². The number of anilines is 1. The van der Waals surface area contributed by atoms with Gasteiger partial charge in [0, 0.05) is 17.7 Å². The summed E-state index contributed by atoms with van der Waals surface area (Å²) in [5.74, 6) is -2.40. The molecule has 7 nitrogen and oxygen atoms in total. The van der Waals surface area contributed by atoms with E-state index in [1.165, 1.54) is 24.3 Å². The Hall–Kier alpha value is -3.68. The summed E-state index contributed by atoms with van der Waals surface area (Å²) in [6.45, 7) is 1.74. The van der Waals surface area contributed by atoms with Crippen LogP contribution in [-0.4, -0.2) is 27.4 Å². The van der Waals surface area contributed by atoms with Crippen LogP contribution in [0.5, 0.6) is 5.88 Å². The number of rotatable bonds is 4. The number of fused-ring (bicyclic) bond motifs is 1. The SMILES string of the molecule is CCC(=O)c1ccc(NC(=O)c2c(O)n(C(N)=O)c3cccc(F)c23)cc1. The van der Waals surface area contributed by atoms with Crippen molar-refractivity contribution in [1.29, 1.82) is 0 Å². The zero-order valence-electron chi connectivity index (χ0n) is 14.3. The zero-order valence-corrected chi connectivity index (χ0v) is 14.3. The molecule has 0 saturated carbocycles.